The summed E-state index contributed by atoms with van der Waals surface area (Å²) >= 11 is 0. The van der Waals surface area contributed by atoms with Crippen molar-refractivity contribution in [1.29, 1.82) is 0 Å². The maximum Gasteiger partial charge on any atom is 0.343 e. The zero-order valence-electron chi connectivity index (χ0n) is 15.0. The molecule has 0 bridgehead atoms. The Morgan fingerprint density at radius 1 is 0.931 bits per heavy atom. The lowest BCUT2D eigenvalue weighted by Crippen LogP contribution is -2.17. The summed E-state index contributed by atoms with van der Waals surface area (Å²) in [6.07, 6.45) is 1.45. The molecule has 0 aliphatic rings. The van der Waals surface area contributed by atoms with E-state index in [2.05, 4.69) is 10.5 Å². The summed E-state index contributed by atoms with van der Waals surface area (Å²) in [5.41, 5.74) is 3.47. The molecule has 1 N–H and O–H groups in total. The fourth-order valence-corrected chi connectivity index (χ4v) is 2.35. The summed E-state index contributed by atoms with van der Waals surface area (Å²) < 4.78 is 5.21. The number of nitrogens with zero attached hydrogens (tertiary/aromatic N) is 2. The summed E-state index contributed by atoms with van der Waals surface area (Å²) in [6, 6.07) is 20.4. The number of esters is 1. The predicted molar refractivity (Wildman–Crippen MR) is 106 cm³/mol. The zero-order valence-corrected chi connectivity index (χ0v) is 15.0. The van der Waals surface area contributed by atoms with Gasteiger partial charge >= 0.3 is 5.97 Å². The average Bonchev–Trinajstić information content (AvgIpc) is 2.75. The van der Waals surface area contributed by atoms with E-state index in [-0.39, 0.29) is 22.9 Å². The molecule has 3 aromatic carbocycles. The Hall–Kier alpha value is -4.33. The Bertz CT molecular complexity index is 1060. The van der Waals surface area contributed by atoms with Crippen LogP contribution in [0.3, 0.4) is 0 Å². The molecule has 0 saturated carbocycles. The van der Waals surface area contributed by atoms with E-state index >= 15 is 0 Å². The van der Waals surface area contributed by atoms with Gasteiger partial charge in [0.05, 0.1) is 16.7 Å². The van der Waals surface area contributed by atoms with Crippen LogP contribution in [0.1, 0.15) is 26.3 Å². The van der Waals surface area contributed by atoms with Crippen LogP contribution >= 0.6 is 0 Å². The van der Waals surface area contributed by atoms with Gasteiger partial charge in [-0.25, -0.2) is 10.2 Å². The minimum absolute atomic E-state index is 0.0773. The van der Waals surface area contributed by atoms with E-state index in [1.54, 1.807) is 48.5 Å². The van der Waals surface area contributed by atoms with E-state index in [0.717, 1.165) is 6.07 Å². The monoisotopic (exact) mass is 389 g/mol. The molecular weight excluding hydrogens is 374 g/mol. The third kappa shape index (κ3) is 5.33. The second-order valence-corrected chi connectivity index (χ2v) is 5.83. The number of benzene rings is 3. The topological polar surface area (TPSA) is 111 Å². The molecule has 0 spiro atoms. The van der Waals surface area contributed by atoms with E-state index in [1.165, 1.54) is 24.4 Å². The van der Waals surface area contributed by atoms with E-state index in [4.69, 9.17) is 4.74 Å². The van der Waals surface area contributed by atoms with Gasteiger partial charge in [-0.2, -0.15) is 5.10 Å². The highest BCUT2D eigenvalue weighted by molar-refractivity contribution is 5.95. The molecule has 0 aliphatic heterocycles. The van der Waals surface area contributed by atoms with Crippen molar-refractivity contribution in [2.75, 3.05) is 0 Å². The number of ether oxygens (including phenoxy) is 1. The predicted octanol–water partition coefficient (Wildman–Crippen LogP) is 3.58. The normalized spacial score (nSPS) is 10.5. The molecule has 1 amide bonds. The number of hydrogen-bond donors (Lipinski definition) is 1. The largest absolute Gasteiger partial charge is 0.423 e. The highest BCUT2D eigenvalue weighted by Crippen LogP contribution is 2.17. The molecule has 3 rings (SSSR count). The SMILES string of the molecule is O=C(N/N=C\c1ccc(OC(=O)c2cccc([N+](=O)[O-])c2)cc1)c1ccccc1. The van der Waals surface area contributed by atoms with E-state index in [9.17, 15) is 19.7 Å². The number of hydrazone groups is 1. The first kappa shape index (κ1) is 19.4. The van der Waals surface area contributed by atoms with Gasteiger partial charge in [0.25, 0.3) is 11.6 Å². The molecule has 0 aromatic heterocycles. The van der Waals surface area contributed by atoms with Crippen molar-refractivity contribution in [1.82, 2.24) is 5.43 Å². The first-order chi connectivity index (χ1) is 14.0. The minimum atomic E-state index is -0.703. The third-order valence-corrected chi connectivity index (χ3v) is 3.80. The Morgan fingerprint density at radius 2 is 1.62 bits per heavy atom. The average molecular weight is 389 g/mol. The van der Waals surface area contributed by atoms with Crippen molar-refractivity contribution in [2.45, 2.75) is 0 Å². The molecule has 8 heteroatoms. The summed E-state index contributed by atoms with van der Waals surface area (Å²) in [5, 5.41) is 14.7. The highest BCUT2D eigenvalue weighted by Gasteiger charge is 2.13. The van der Waals surface area contributed by atoms with E-state index in [1.807, 2.05) is 6.07 Å². The van der Waals surface area contributed by atoms with Gasteiger partial charge in [-0.3, -0.25) is 14.9 Å². The Morgan fingerprint density at radius 3 is 2.31 bits per heavy atom. The van der Waals surface area contributed by atoms with Gasteiger partial charge in [0.2, 0.25) is 0 Å². The van der Waals surface area contributed by atoms with E-state index in [0.29, 0.717) is 11.1 Å². The lowest BCUT2D eigenvalue weighted by Gasteiger charge is -2.04. The second-order valence-electron chi connectivity index (χ2n) is 5.83. The first-order valence-corrected chi connectivity index (χ1v) is 8.48. The first-order valence-electron chi connectivity index (χ1n) is 8.48. The summed E-state index contributed by atoms with van der Waals surface area (Å²) in [4.78, 5) is 34.2. The number of nitrogens with one attached hydrogen (secondary N) is 1. The molecule has 0 saturated heterocycles. The summed E-state index contributed by atoms with van der Waals surface area (Å²) in [6.45, 7) is 0. The maximum absolute atomic E-state index is 12.1. The molecule has 0 heterocycles. The number of carbonyl (C=O) groups excluding carboxylic acids is 2. The lowest BCUT2D eigenvalue weighted by molar-refractivity contribution is -0.384. The van der Waals surface area contributed by atoms with E-state index < -0.39 is 10.9 Å². The Labute approximate surface area is 165 Å². The van der Waals surface area contributed by atoms with Gasteiger partial charge in [0.1, 0.15) is 5.75 Å². The fourth-order valence-electron chi connectivity index (χ4n) is 2.35. The maximum atomic E-state index is 12.1. The minimum Gasteiger partial charge on any atom is -0.423 e. The Kier molecular flexibility index (Phi) is 6.06. The Balaban J connectivity index is 1.58. The fraction of sp³-hybridized carbons (Fsp3) is 0. The number of carbonyl (C=O) groups is 2. The van der Waals surface area contributed by atoms with Gasteiger partial charge in [-0.15, -0.1) is 0 Å². The van der Waals surface area contributed by atoms with Crippen molar-refractivity contribution in [3.05, 3.63) is 106 Å². The van der Waals surface area contributed by atoms with Gasteiger partial charge in [-0.1, -0.05) is 24.3 Å². The number of rotatable bonds is 6. The number of amides is 1. The van der Waals surface area contributed by atoms with Crippen molar-refractivity contribution in [3.63, 3.8) is 0 Å². The molecule has 29 heavy (non-hydrogen) atoms. The smallest absolute Gasteiger partial charge is 0.343 e. The molecule has 0 atom stereocenters. The van der Waals surface area contributed by atoms with Crippen LogP contribution in [0.4, 0.5) is 5.69 Å². The van der Waals surface area contributed by atoms with Gasteiger partial charge in [0, 0.05) is 17.7 Å². The highest BCUT2D eigenvalue weighted by atomic mass is 16.6. The molecule has 0 unspecified atom stereocenters. The molecule has 0 aliphatic carbocycles. The molecule has 8 nitrogen and oxygen atoms in total. The standard InChI is InChI=1S/C21H15N3O5/c25-20(16-5-2-1-3-6-16)23-22-14-15-9-11-19(12-10-15)29-21(26)17-7-4-8-18(13-17)24(27)28/h1-14H,(H,23,25)/b22-14-. The van der Waals surface area contributed by atoms with Crippen molar-refractivity contribution < 1.29 is 19.2 Å². The van der Waals surface area contributed by atoms with Crippen molar-refractivity contribution >= 4 is 23.8 Å². The van der Waals surface area contributed by atoms with Crippen LogP contribution < -0.4 is 10.2 Å². The lowest BCUT2D eigenvalue weighted by atomic mass is 10.2. The molecule has 0 fully saturated rings. The molecule has 0 radical (unpaired) electrons. The van der Waals surface area contributed by atoms with Crippen LogP contribution in [0.2, 0.25) is 0 Å². The van der Waals surface area contributed by atoms with Crippen LogP contribution in [0, 0.1) is 10.1 Å². The van der Waals surface area contributed by atoms with Gasteiger partial charge in [-0.05, 0) is 48.0 Å². The number of nitro benzene ring substituents is 1. The molecular formula is C21H15N3O5. The van der Waals surface area contributed by atoms with Crippen LogP contribution in [-0.2, 0) is 0 Å². The van der Waals surface area contributed by atoms with Crippen LogP contribution in [0.15, 0.2) is 84.0 Å². The summed E-state index contributed by atoms with van der Waals surface area (Å²) in [7, 11) is 0. The number of hydrogen-bond acceptors (Lipinski definition) is 6. The van der Waals surface area contributed by atoms with Gasteiger partial charge in [0.15, 0.2) is 0 Å². The molecule has 144 valence electrons. The van der Waals surface area contributed by atoms with Crippen LogP contribution in [-0.4, -0.2) is 23.0 Å². The van der Waals surface area contributed by atoms with Crippen molar-refractivity contribution in [3.8, 4) is 5.75 Å². The second kappa shape index (κ2) is 9.05. The van der Waals surface area contributed by atoms with Gasteiger partial charge < -0.3 is 4.74 Å². The van der Waals surface area contributed by atoms with Crippen LogP contribution in [0.5, 0.6) is 5.75 Å². The molecule has 3 aromatic rings. The zero-order chi connectivity index (χ0) is 20.6. The number of non-ortho nitro benzene ring substituents is 1. The van der Waals surface area contributed by atoms with Crippen molar-refractivity contribution in [2.24, 2.45) is 5.10 Å². The summed E-state index contributed by atoms with van der Waals surface area (Å²) in [5.74, 6) is -0.762. The van der Waals surface area contributed by atoms with Crippen LogP contribution in [0.25, 0.3) is 0 Å². The third-order valence-electron chi connectivity index (χ3n) is 3.80. The quantitative estimate of drug-likeness (QED) is 0.228. The number of nitro groups is 1.